The summed E-state index contributed by atoms with van der Waals surface area (Å²) in [6, 6.07) is 7.82. The number of aliphatic hydroxyl groups is 3. The highest BCUT2D eigenvalue weighted by molar-refractivity contribution is 5.73. The van der Waals surface area contributed by atoms with Crippen molar-refractivity contribution in [3.05, 3.63) is 47.0 Å². The van der Waals surface area contributed by atoms with Crippen LogP contribution in [0.3, 0.4) is 0 Å². The predicted molar refractivity (Wildman–Crippen MR) is 129 cm³/mol. The normalized spacial score (nSPS) is 30.3. The molecule has 33 heavy (non-hydrogen) atoms. The summed E-state index contributed by atoms with van der Waals surface area (Å²) in [5.41, 5.74) is 2.18. The molecule has 1 aliphatic heterocycles. The molecule has 0 saturated heterocycles. The number of esters is 1. The van der Waals surface area contributed by atoms with Gasteiger partial charge in [0.15, 0.2) is 0 Å². The molecule has 1 aliphatic rings. The highest BCUT2D eigenvalue weighted by atomic mass is 16.5. The van der Waals surface area contributed by atoms with Crippen molar-refractivity contribution in [2.45, 2.75) is 90.1 Å². The molecule has 0 radical (unpaired) electrons. The molecule has 1 aromatic rings. The first kappa shape index (κ1) is 27.5. The van der Waals surface area contributed by atoms with Crippen LogP contribution in [0.15, 0.2) is 35.9 Å². The first-order valence-corrected chi connectivity index (χ1v) is 12.0. The fourth-order valence-electron chi connectivity index (χ4n) is 4.29. The predicted octanol–water partition coefficient (Wildman–Crippen LogP) is 3.55. The van der Waals surface area contributed by atoms with Gasteiger partial charge >= 0.3 is 5.97 Å². The summed E-state index contributed by atoms with van der Waals surface area (Å²) in [6.45, 7) is 9.59. The average molecular weight is 463 g/mol. The zero-order chi connectivity index (χ0) is 24.8. The third-order valence-electron chi connectivity index (χ3n) is 7.22. The van der Waals surface area contributed by atoms with Gasteiger partial charge in [-0.2, -0.15) is 0 Å². The highest BCUT2D eigenvalue weighted by Gasteiger charge is 2.35. The first-order valence-electron chi connectivity index (χ1n) is 12.0. The maximum atomic E-state index is 13.0. The van der Waals surface area contributed by atoms with Crippen LogP contribution in [0.5, 0.6) is 0 Å². The van der Waals surface area contributed by atoms with E-state index < -0.39 is 35.6 Å². The van der Waals surface area contributed by atoms with Gasteiger partial charge in [0, 0.05) is 37.9 Å². The number of aliphatic hydroxyl groups excluding tert-OH is 3. The largest absolute Gasteiger partial charge is 0.457 e. The summed E-state index contributed by atoms with van der Waals surface area (Å²) in [5, 5.41) is 31.6. The number of carbonyl (C=O) groups is 1. The van der Waals surface area contributed by atoms with Gasteiger partial charge < -0.3 is 24.8 Å². The smallest absolute Gasteiger partial charge is 0.311 e. The lowest BCUT2D eigenvalue weighted by molar-refractivity contribution is -0.157. The van der Waals surface area contributed by atoms with Crippen LogP contribution < -0.4 is 0 Å². The minimum atomic E-state index is -0.896. The molecule has 0 amide bonds. The van der Waals surface area contributed by atoms with Crippen LogP contribution in [0.25, 0.3) is 0 Å². The molecule has 1 heterocycles. The average Bonchev–Trinajstić information content (AvgIpc) is 2.79. The molecule has 186 valence electrons. The molecule has 0 spiro atoms. The lowest BCUT2D eigenvalue weighted by Gasteiger charge is -2.35. The number of ether oxygens (including phenoxy) is 2. The maximum absolute atomic E-state index is 13.0. The molecule has 6 nitrogen and oxygen atoms in total. The van der Waals surface area contributed by atoms with Gasteiger partial charge in [-0.1, -0.05) is 51.1 Å². The van der Waals surface area contributed by atoms with E-state index in [4.69, 9.17) is 9.47 Å². The number of rotatable bonds is 5. The third kappa shape index (κ3) is 7.12. The van der Waals surface area contributed by atoms with Crippen molar-refractivity contribution < 1.29 is 29.6 Å². The molecule has 6 atom stereocenters. The molecule has 2 bridgehead atoms. The van der Waals surface area contributed by atoms with Crippen molar-refractivity contribution in [1.82, 2.24) is 0 Å². The minimum Gasteiger partial charge on any atom is -0.457 e. The molecule has 1 aromatic carbocycles. The molecule has 0 aliphatic carbocycles. The second-order valence-corrected chi connectivity index (χ2v) is 10.0. The number of methoxy groups -OCH3 is 1. The van der Waals surface area contributed by atoms with Crippen LogP contribution in [0.1, 0.15) is 65.0 Å². The Bertz CT molecular complexity index is 798. The molecular weight excluding hydrogens is 420 g/mol. The van der Waals surface area contributed by atoms with Crippen molar-refractivity contribution in [1.29, 1.82) is 0 Å². The van der Waals surface area contributed by atoms with Crippen LogP contribution in [0.2, 0.25) is 0 Å². The van der Waals surface area contributed by atoms with E-state index in [1.54, 1.807) is 14.0 Å². The standard InChI is InChI=1S/C27H42O6/c1-7-19(16-28)11-17(2)24-14-22(32-6)15-25(30)27(4,5)21-10-8-9-20(12-21)13-23(29)18(3)26(31)33-24/h8-12,18-19,22-25,28-30H,7,13-16H2,1-6H3/b17-11-/t18-,19+,22+,23+,24-,25-/m0/s1. The Morgan fingerprint density at radius 2 is 2.00 bits per heavy atom. The van der Waals surface area contributed by atoms with Gasteiger partial charge in [-0.05, 0) is 43.4 Å². The summed E-state index contributed by atoms with van der Waals surface area (Å²) in [5.74, 6) is -1.21. The molecule has 0 saturated carbocycles. The third-order valence-corrected chi connectivity index (χ3v) is 7.22. The number of benzene rings is 1. The zero-order valence-corrected chi connectivity index (χ0v) is 21.0. The molecule has 3 N–H and O–H groups in total. The lowest BCUT2D eigenvalue weighted by Crippen LogP contribution is -2.39. The number of carbonyl (C=O) groups excluding carboxylic acids is 1. The van der Waals surface area contributed by atoms with Gasteiger partial charge in [0.25, 0.3) is 0 Å². The van der Waals surface area contributed by atoms with E-state index in [0.717, 1.165) is 23.1 Å². The lowest BCUT2D eigenvalue weighted by atomic mass is 9.76. The van der Waals surface area contributed by atoms with E-state index in [-0.39, 0.29) is 18.6 Å². The van der Waals surface area contributed by atoms with Crippen molar-refractivity contribution in [3.63, 3.8) is 0 Å². The van der Waals surface area contributed by atoms with Crippen LogP contribution in [-0.2, 0) is 26.1 Å². The minimum absolute atomic E-state index is 0.0158. The van der Waals surface area contributed by atoms with Gasteiger partial charge in [-0.3, -0.25) is 4.79 Å². The Labute approximate surface area is 198 Å². The quantitative estimate of drug-likeness (QED) is 0.457. The summed E-state index contributed by atoms with van der Waals surface area (Å²) in [4.78, 5) is 13.0. The van der Waals surface area contributed by atoms with E-state index >= 15 is 0 Å². The second-order valence-electron chi connectivity index (χ2n) is 10.0. The fourth-order valence-corrected chi connectivity index (χ4v) is 4.29. The monoisotopic (exact) mass is 462 g/mol. The van der Waals surface area contributed by atoms with Gasteiger partial charge in [-0.25, -0.2) is 0 Å². The van der Waals surface area contributed by atoms with Crippen LogP contribution in [-0.4, -0.2) is 59.4 Å². The van der Waals surface area contributed by atoms with E-state index in [1.165, 1.54) is 0 Å². The van der Waals surface area contributed by atoms with Gasteiger partial charge in [0.1, 0.15) is 6.10 Å². The summed E-state index contributed by atoms with van der Waals surface area (Å²) < 4.78 is 11.6. The summed E-state index contributed by atoms with van der Waals surface area (Å²) >= 11 is 0. The highest BCUT2D eigenvalue weighted by Crippen LogP contribution is 2.33. The van der Waals surface area contributed by atoms with Gasteiger partial charge in [0.2, 0.25) is 0 Å². The zero-order valence-electron chi connectivity index (χ0n) is 21.0. The summed E-state index contributed by atoms with van der Waals surface area (Å²) in [6.07, 6.45) is 1.28. The Morgan fingerprint density at radius 3 is 2.61 bits per heavy atom. The van der Waals surface area contributed by atoms with Gasteiger partial charge in [-0.15, -0.1) is 0 Å². The fraction of sp³-hybridized carbons (Fsp3) is 0.667. The van der Waals surface area contributed by atoms with E-state index in [1.807, 2.05) is 58.0 Å². The van der Waals surface area contributed by atoms with Crippen LogP contribution >= 0.6 is 0 Å². The van der Waals surface area contributed by atoms with Crippen LogP contribution in [0.4, 0.5) is 0 Å². The van der Waals surface area contributed by atoms with Crippen LogP contribution in [0, 0.1) is 11.8 Å². The second kappa shape index (κ2) is 12.1. The number of hydrogen-bond acceptors (Lipinski definition) is 6. The van der Waals surface area contributed by atoms with Crippen molar-refractivity contribution in [2.24, 2.45) is 11.8 Å². The Morgan fingerprint density at radius 1 is 1.30 bits per heavy atom. The number of cyclic esters (lactones) is 1. The Kier molecular flexibility index (Phi) is 10.1. The molecule has 0 aromatic heterocycles. The summed E-state index contributed by atoms with van der Waals surface area (Å²) in [7, 11) is 1.60. The van der Waals surface area contributed by atoms with E-state index in [9.17, 15) is 20.1 Å². The molecule has 0 unspecified atom stereocenters. The molecule has 2 rings (SSSR count). The number of hydrogen-bond donors (Lipinski definition) is 3. The van der Waals surface area contributed by atoms with E-state index in [0.29, 0.717) is 19.3 Å². The SMILES string of the molecule is CC[C@H](/C=C(/C)[C@@H]1C[C@@H](OC)C[C@H](O)C(C)(C)c2cccc(c2)C[C@@H](O)[C@H](C)C(=O)O1)CO. The number of fused-ring (bicyclic) bond motifs is 2. The maximum Gasteiger partial charge on any atom is 0.311 e. The molecular formula is C27H42O6. The van der Waals surface area contributed by atoms with E-state index in [2.05, 4.69) is 0 Å². The Hall–Kier alpha value is -1.73. The molecule has 0 fully saturated rings. The van der Waals surface area contributed by atoms with Gasteiger partial charge in [0.05, 0.1) is 24.2 Å². The van der Waals surface area contributed by atoms with Crippen molar-refractivity contribution >= 4 is 5.97 Å². The molecule has 6 heteroatoms. The first-order chi connectivity index (χ1) is 15.5. The Balaban J connectivity index is 2.46. The van der Waals surface area contributed by atoms with Crippen molar-refractivity contribution in [2.75, 3.05) is 13.7 Å². The van der Waals surface area contributed by atoms with Crippen molar-refractivity contribution in [3.8, 4) is 0 Å². The topological polar surface area (TPSA) is 96.2 Å².